The number of hydrogen-bond acceptors (Lipinski definition) is 6. The molecule has 1 atom stereocenters. The van der Waals surface area contributed by atoms with Gasteiger partial charge in [0, 0.05) is 25.8 Å². The molecule has 0 spiro atoms. The molecule has 0 unspecified atom stereocenters. The lowest BCUT2D eigenvalue weighted by Gasteiger charge is -2.30. The monoisotopic (exact) mass is 455 g/mol. The van der Waals surface area contributed by atoms with Gasteiger partial charge in [-0.3, -0.25) is 9.58 Å². The van der Waals surface area contributed by atoms with Crippen LogP contribution in [0.3, 0.4) is 0 Å². The minimum Gasteiger partial charge on any atom is -0.492 e. The van der Waals surface area contributed by atoms with Gasteiger partial charge in [-0.05, 0) is 54.4 Å². The van der Waals surface area contributed by atoms with E-state index in [1.54, 1.807) is 12.1 Å². The minimum absolute atomic E-state index is 0.0607. The summed E-state index contributed by atoms with van der Waals surface area (Å²) in [7, 11) is 0. The summed E-state index contributed by atoms with van der Waals surface area (Å²) in [5.41, 5.74) is 1.05. The number of β-amino-alcohol motifs (C(OH)–C–C–N with tert-alkyl or cyclic N) is 1. The first-order chi connectivity index (χ1) is 16.0. The zero-order valence-corrected chi connectivity index (χ0v) is 18.8. The smallest absolute Gasteiger partial charge is 0.134 e. The van der Waals surface area contributed by atoms with E-state index >= 15 is 0 Å². The Morgan fingerprint density at radius 2 is 2.00 bits per heavy atom. The molecule has 1 saturated heterocycles. The highest BCUT2D eigenvalue weighted by Crippen LogP contribution is 2.20. The second kappa shape index (κ2) is 10.8. The lowest BCUT2D eigenvalue weighted by molar-refractivity contribution is -0.0646. The van der Waals surface area contributed by atoms with E-state index < -0.39 is 5.60 Å². The second-order valence-corrected chi connectivity index (χ2v) is 8.51. The van der Waals surface area contributed by atoms with E-state index in [1.165, 1.54) is 12.1 Å². The quantitative estimate of drug-likeness (QED) is 0.535. The fourth-order valence-corrected chi connectivity index (χ4v) is 3.81. The minimum atomic E-state index is -1.17. The standard InChI is InChI=1S/C25H30FN3O4/c1-20-14-27-29(15-20)10-12-32-24-4-2-3-21(13-24)16-28-9-11-31-18-25(30,17-28)19-33-23-7-5-22(26)6-8-23/h2-8,13-15,30H,9-12,16-19H2,1H3/t25-/m1/s1. The molecule has 4 rings (SSSR count). The summed E-state index contributed by atoms with van der Waals surface area (Å²) in [5.74, 6) is 0.987. The van der Waals surface area contributed by atoms with Crippen LogP contribution >= 0.6 is 0 Å². The first-order valence-electron chi connectivity index (χ1n) is 11.1. The Kier molecular flexibility index (Phi) is 7.59. The predicted molar refractivity (Wildman–Crippen MR) is 122 cm³/mol. The van der Waals surface area contributed by atoms with E-state index in [9.17, 15) is 9.50 Å². The summed E-state index contributed by atoms with van der Waals surface area (Å²) in [5, 5.41) is 15.4. The fraction of sp³-hybridized carbons (Fsp3) is 0.400. The molecular formula is C25H30FN3O4. The summed E-state index contributed by atoms with van der Waals surface area (Å²) in [6.45, 7) is 5.74. The predicted octanol–water partition coefficient (Wildman–Crippen LogP) is 3.05. The van der Waals surface area contributed by atoms with Gasteiger partial charge in [-0.25, -0.2) is 4.39 Å². The zero-order valence-electron chi connectivity index (χ0n) is 18.8. The number of aromatic nitrogens is 2. The summed E-state index contributed by atoms with van der Waals surface area (Å²) in [6.07, 6.45) is 3.82. The molecule has 0 aliphatic carbocycles. The first-order valence-corrected chi connectivity index (χ1v) is 11.1. The molecule has 2 aromatic carbocycles. The third-order valence-electron chi connectivity index (χ3n) is 5.42. The molecule has 3 aromatic rings. The third kappa shape index (κ3) is 7.02. The fourth-order valence-electron chi connectivity index (χ4n) is 3.81. The van der Waals surface area contributed by atoms with Crippen molar-refractivity contribution in [1.29, 1.82) is 0 Å². The van der Waals surface area contributed by atoms with Crippen molar-refractivity contribution in [2.45, 2.75) is 25.6 Å². The van der Waals surface area contributed by atoms with Crippen molar-refractivity contribution in [1.82, 2.24) is 14.7 Å². The molecule has 1 aliphatic heterocycles. The zero-order chi connectivity index (χ0) is 23.1. The van der Waals surface area contributed by atoms with Crippen LogP contribution in [0.1, 0.15) is 11.1 Å². The molecule has 8 heteroatoms. The highest BCUT2D eigenvalue weighted by Gasteiger charge is 2.33. The maximum absolute atomic E-state index is 13.1. The Morgan fingerprint density at radius 1 is 1.15 bits per heavy atom. The van der Waals surface area contributed by atoms with E-state index in [-0.39, 0.29) is 19.0 Å². The van der Waals surface area contributed by atoms with Crippen molar-refractivity contribution < 1.29 is 23.7 Å². The van der Waals surface area contributed by atoms with Gasteiger partial charge in [-0.15, -0.1) is 0 Å². The Balaban J connectivity index is 1.31. The maximum Gasteiger partial charge on any atom is 0.134 e. The second-order valence-electron chi connectivity index (χ2n) is 8.51. The van der Waals surface area contributed by atoms with Crippen molar-refractivity contribution >= 4 is 0 Å². The SMILES string of the molecule is Cc1cnn(CCOc2cccc(CN3CCOC[C@@](O)(COc4ccc(F)cc4)C3)c2)c1. The van der Waals surface area contributed by atoms with Crippen LogP contribution in [0.25, 0.3) is 0 Å². The normalized spacial score (nSPS) is 19.2. The number of benzene rings is 2. The molecule has 1 aliphatic rings. The number of rotatable bonds is 9. The number of aliphatic hydroxyl groups is 1. The molecule has 1 fully saturated rings. The molecule has 0 amide bonds. The number of nitrogens with zero attached hydrogens (tertiary/aromatic N) is 3. The Bertz CT molecular complexity index is 1030. The van der Waals surface area contributed by atoms with Crippen molar-refractivity contribution in [2.75, 3.05) is 39.5 Å². The van der Waals surface area contributed by atoms with Gasteiger partial charge >= 0.3 is 0 Å². The van der Waals surface area contributed by atoms with Crippen LogP contribution in [0.15, 0.2) is 60.9 Å². The van der Waals surface area contributed by atoms with Gasteiger partial charge in [0.05, 0.1) is 26.0 Å². The molecule has 176 valence electrons. The van der Waals surface area contributed by atoms with Gasteiger partial charge in [-0.2, -0.15) is 5.10 Å². The summed E-state index contributed by atoms with van der Waals surface area (Å²) in [6, 6.07) is 13.7. The number of hydrogen-bond donors (Lipinski definition) is 1. The summed E-state index contributed by atoms with van der Waals surface area (Å²) in [4.78, 5) is 2.15. The molecule has 2 heterocycles. The Labute approximate surface area is 193 Å². The molecule has 0 radical (unpaired) electrons. The van der Waals surface area contributed by atoms with Crippen molar-refractivity contribution in [3.63, 3.8) is 0 Å². The van der Waals surface area contributed by atoms with Crippen molar-refractivity contribution in [3.05, 3.63) is 77.9 Å². The highest BCUT2D eigenvalue weighted by atomic mass is 19.1. The molecule has 0 bridgehead atoms. The maximum atomic E-state index is 13.1. The molecule has 7 nitrogen and oxygen atoms in total. The molecular weight excluding hydrogens is 425 g/mol. The van der Waals surface area contributed by atoms with E-state index in [4.69, 9.17) is 14.2 Å². The van der Waals surface area contributed by atoms with E-state index in [2.05, 4.69) is 10.00 Å². The van der Waals surface area contributed by atoms with Crippen molar-refractivity contribution in [3.8, 4) is 11.5 Å². The largest absolute Gasteiger partial charge is 0.492 e. The van der Waals surface area contributed by atoms with Crippen LogP contribution < -0.4 is 9.47 Å². The van der Waals surface area contributed by atoms with Crippen LogP contribution in [-0.4, -0.2) is 64.9 Å². The van der Waals surface area contributed by atoms with Crippen LogP contribution in [0.4, 0.5) is 4.39 Å². The molecule has 33 heavy (non-hydrogen) atoms. The van der Waals surface area contributed by atoms with Crippen LogP contribution in [0.2, 0.25) is 0 Å². The third-order valence-corrected chi connectivity index (χ3v) is 5.42. The highest BCUT2D eigenvalue weighted by molar-refractivity contribution is 5.28. The van der Waals surface area contributed by atoms with Crippen molar-refractivity contribution in [2.24, 2.45) is 0 Å². The topological polar surface area (TPSA) is 69.0 Å². The van der Waals surface area contributed by atoms with E-state index in [0.717, 1.165) is 16.9 Å². The van der Waals surface area contributed by atoms with Crippen LogP contribution in [0, 0.1) is 12.7 Å². The van der Waals surface area contributed by atoms with Gasteiger partial charge in [-0.1, -0.05) is 12.1 Å². The first kappa shape index (κ1) is 23.2. The van der Waals surface area contributed by atoms with Gasteiger partial charge in [0.2, 0.25) is 0 Å². The van der Waals surface area contributed by atoms with Crippen LogP contribution in [0.5, 0.6) is 11.5 Å². The Hall–Kier alpha value is -2.94. The lowest BCUT2D eigenvalue weighted by Crippen LogP contribution is -2.48. The number of halogens is 1. The summed E-state index contributed by atoms with van der Waals surface area (Å²) < 4.78 is 32.2. The number of aryl methyl sites for hydroxylation is 1. The van der Waals surface area contributed by atoms with E-state index in [1.807, 2.05) is 48.3 Å². The van der Waals surface area contributed by atoms with E-state index in [0.29, 0.717) is 45.1 Å². The Morgan fingerprint density at radius 3 is 2.79 bits per heavy atom. The molecule has 0 saturated carbocycles. The molecule has 1 aromatic heterocycles. The van der Waals surface area contributed by atoms with Gasteiger partial charge in [0.25, 0.3) is 0 Å². The van der Waals surface area contributed by atoms with Gasteiger partial charge in [0.1, 0.15) is 36.1 Å². The number of ether oxygens (including phenoxy) is 3. The lowest BCUT2D eigenvalue weighted by atomic mass is 10.1. The van der Waals surface area contributed by atoms with Crippen LogP contribution in [-0.2, 0) is 17.8 Å². The van der Waals surface area contributed by atoms with Gasteiger partial charge in [0.15, 0.2) is 0 Å². The van der Waals surface area contributed by atoms with Gasteiger partial charge < -0.3 is 19.3 Å². The average molecular weight is 456 g/mol. The molecule has 1 N–H and O–H groups in total. The average Bonchev–Trinajstić information content (AvgIpc) is 3.12. The summed E-state index contributed by atoms with van der Waals surface area (Å²) >= 11 is 0.